The van der Waals surface area contributed by atoms with E-state index in [9.17, 15) is 4.55 Å². The monoisotopic (exact) mass is 714 g/mol. The predicted octanol–water partition coefficient (Wildman–Crippen LogP) is 12.8. The maximum Gasteiger partial charge on any atom is 0.231 e. The summed E-state index contributed by atoms with van der Waals surface area (Å²) in [6.45, 7) is 10.8. The molecule has 0 amide bonds. The van der Waals surface area contributed by atoms with Crippen LogP contribution in [0.2, 0.25) is 0 Å². The van der Waals surface area contributed by atoms with Crippen LogP contribution in [0.3, 0.4) is 0 Å². The number of thiophene rings is 1. The molecule has 2 unspecified atom stereocenters. The lowest BCUT2D eigenvalue weighted by Crippen LogP contribution is -2.23. The van der Waals surface area contributed by atoms with Gasteiger partial charge in [-0.1, -0.05) is 128 Å². The van der Waals surface area contributed by atoms with Crippen LogP contribution in [0.5, 0.6) is 23.0 Å². The third kappa shape index (κ3) is 16.7. The van der Waals surface area contributed by atoms with E-state index < -0.39 is 11.2 Å². The van der Waals surface area contributed by atoms with E-state index in [4.69, 9.17) is 18.9 Å². The number of benzene rings is 2. The Labute approximate surface area is 306 Å². The maximum atomic E-state index is 12.3. The van der Waals surface area contributed by atoms with Crippen molar-refractivity contribution in [1.82, 2.24) is 0 Å². The van der Waals surface area contributed by atoms with Gasteiger partial charge in [-0.25, -0.2) is 0 Å². The molecule has 0 radical (unpaired) electrons. The van der Waals surface area contributed by atoms with E-state index in [0.29, 0.717) is 6.79 Å². The minimum Gasteiger partial charge on any atom is -0.616 e. The average molecular weight is 715 g/mol. The normalized spacial score (nSPS) is 13.2. The van der Waals surface area contributed by atoms with Gasteiger partial charge in [0.05, 0.1) is 13.2 Å². The molecule has 0 spiro atoms. The lowest BCUT2D eigenvalue weighted by atomic mass is 10.1. The van der Waals surface area contributed by atoms with Crippen LogP contribution < -0.4 is 18.9 Å². The van der Waals surface area contributed by atoms with Crippen LogP contribution in [0.4, 0.5) is 0 Å². The first-order valence-corrected chi connectivity index (χ1v) is 21.8. The van der Waals surface area contributed by atoms with Crippen LogP contribution in [-0.2, 0) is 17.6 Å². The van der Waals surface area contributed by atoms with Crippen molar-refractivity contribution in [2.45, 2.75) is 155 Å². The molecule has 0 bridgehead atoms. The Morgan fingerprint density at radius 2 is 1.29 bits per heavy atom. The van der Waals surface area contributed by atoms with Crippen molar-refractivity contribution in [2.75, 3.05) is 25.8 Å². The molecule has 0 saturated carbocycles. The highest BCUT2D eigenvalue weighted by Crippen LogP contribution is 2.35. The Morgan fingerprint density at radius 3 is 1.96 bits per heavy atom. The molecule has 3 aromatic rings. The first kappa shape index (κ1) is 41.3. The fourth-order valence-corrected chi connectivity index (χ4v) is 8.17. The van der Waals surface area contributed by atoms with E-state index >= 15 is 0 Å². The molecule has 276 valence electrons. The first-order chi connectivity index (χ1) is 24.0. The molecule has 0 saturated heterocycles. The summed E-state index contributed by atoms with van der Waals surface area (Å²) in [5, 5.41) is 3.53. The summed E-state index contributed by atoms with van der Waals surface area (Å²) in [5.74, 6) is 4.45. The largest absolute Gasteiger partial charge is 0.616 e. The van der Waals surface area contributed by atoms with Crippen LogP contribution >= 0.6 is 11.3 Å². The van der Waals surface area contributed by atoms with E-state index in [-0.39, 0.29) is 5.25 Å². The number of rotatable bonds is 26. The Morgan fingerprint density at radius 1 is 0.694 bits per heavy atom. The summed E-state index contributed by atoms with van der Waals surface area (Å²) in [7, 11) is 0. The molecule has 1 aliphatic rings. The fraction of sp³-hybridized carbons (Fsp3) is 0.667. The second-order valence-corrected chi connectivity index (χ2v) is 16.4. The number of unbranched alkanes of at least 4 members (excludes halogenated alkanes) is 15. The average Bonchev–Trinajstić information content (AvgIpc) is 3.75. The predicted molar refractivity (Wildman–Crippen MR) is 212 cm³/mol. The van der Waals surface area contributed by atoms with Crippen molar-refractivity contribution in [3.8, 4) is 23.0 Å². The first-order valence-electron chi connectivity index (χ1n) is 19.6. The zero-order valence-corrected chi connectivity index (χ0v) is 32.9. The lowest BCUT2D eigenvalue weighted by molar-refractivity contribution is 0.174. The quantitative estimate of drug-likeness (QED) is 0.0612. The highest BCUT2D eigenvalue weighted by Gasteiger charge is 2.20. The zero-order valence-electron chi connectivity index (χ0n) is 31.2. The number of fused-ring (bicyclic) bond motifs is 2. The van der Waals surface area contributed by atoms with Crippen molar-refractivity contribution in [3.63, 3.8) is 0 Å². The second-order valence-electron chi connectivity index (χ2n) is 13.5. The van der Waals surface area contributed by atoms with Gasteiger partial charge in [0.2, 0.25) is 6.79 Å². The van der Waals surface area contributed by atoms with Gasteiger partial charge in [0.25, 0.3) is 0 Å². The Balaban J connectivity index is 0.000000271. The molecule has 49 heavy (non-hydrogen) atoms. The van der Waals surface area contributed by atoms with E-state index in [0.717, 1.165) is 67.6 Å². The van der Waals surface area contributed by atoms with Gasteiger partial charge >= 0.3 is 0 Å². The summed E-state index contributed by atoms with van der Waals surface area (Å²) >= 11 is 1.01. The van der Waals surface area contributed by atoms with Gasteiger partial charge in [-0.3, -0.25) is 0 Å². The van der Waals surface area contributed by atoms with Crippen LogP contribution in [0.1, 0.15) is 149 Å². The van der Waals surface area contributed by atoms with Crippen molar-refractivity contribution < 1.29 is 23.5 Å². The van der Waals surface area contributed by atoms with Crippen molar-refractivity contribution in [2.24, 2.45) is 0 Å². The Kier molecular flexibility index (Phi) is 21.8. The molecular weight excluding hydrogens is 649 g/mol. The third-order valence-electron chi connectivity index (χ3n) is 9.14. The fourth-order valence-electron chi connectivity index (χ4n) is 6.04. The summed E-state index contributed by atoms with van der Waals surface area (Å²) < 4.78 is 36.3. The van der Waals surface area contributed by atoms with E-state index in [2.05, 4.69) is 51.3 Å². The van der Waals surface area contributed by atoms with Gasteiger partial charge in [0.1, 0.15) is 22.5 Å². The molecule has 2 heterocycles. The zero-order chi connectivity index (χ0) is 34.9. The van der Waals surface area contributed by atoms with Crippen LogP contribution in [0, 0.1) is 0 Å². The van der Waals surface area contributed by atoms with E-state index in [1.54, 1.807) is 11.3 Å². The SMILES string of the molecule is CCCCCCCCOc1ccc2scc(OCCCCCCCC)c2c1.CCCCCCCC[S+]([O-])C(C)Cc1ccc2c(c1)OCO2. The lowest BCUT2D eigenvalue weighted by Gasteiger charge is -2.18. The number of ether oxygens (including phenoxy) is 4. The molecular formula is C42H66O5S2. The Bertz CT molecular complexity index is 1260. The van der Waals surface area contributed by atoms with Crippen molar-refractivity contribution in [1.29, 1.82) is 0 Å². The third-order valence-corrected chi connectivity index (χ3v) is 11.8. The van der Waals surface area contributed by atoms with Gasteiger partial charge in [0, 0.05) is 21.9 Å². The molecule has 0 fully saturated rings. The minimum absolute atomic E-state index is 0.191. The second kappa shape index (κ2) is 25.8. The molecule has 4 rings (SSSR count). The highest BCUT2D eigenvalue weighted by molar-refractivity contribution is 7.92. The van der Waals surface area contributed by atoms with Gasteiger partial charge < -0.3 is 23.5 Å². The molecule has 7 heteroatoms. The molecule has 1 aromatic heterocycles. The molecule has 0 N–H and O–H groups in total. The summed E-state index contributed by atoms with van der Waals surface area (Å²) in [6.07, 6.45) is 23.9. The van der Waals surface area contributed by atoms with Crippen molar-refractivity contribution in [3.05, 3.63) is 47.3 Å². The standard InChI is InChI=1S/C24H38O2S.C18H28O3S/c1-3-5-7-9-11-13-17-25-21-15-16-24-22(19-21)23(20-27-24)26-18-14-12-10-8-6-4-2;1-3-4-5-6-7-8-11-22(19)15(2)12-16-9-10-17-18(13-16)21-14-20-17/h15-16,19-20H,3-14,17-18H2,1-2H3;9-10,13,15H,3-8,11-12,14H2,1-2H3. The molecule has 5 nitrogen and oxygen atoms in total. The molecule has 2 atom stereocenters. The number of hydrogen-bond donors (Lipinski definition) is 0. The topological polar surface area (TPSA) is 60.0 Å². The highest BCUT2D eigenvalue weighted by atomic mass is 32.2. The van der Waals surface area contributed by atoms with Crippen molar-refractivity contribution >= 4 is 32.6 Å². The van der Waals surface area contributed by atoms with Gasteiger partial charge in [0.15, 0.2) is 11.5 Å². The van der Waals surface area contributed by atoms with E-state index in [1.807, 2.05) is 18.2 Å². The van der Waals surface area contributed by atoms with Gasteiger partial charge in [-0.05, 0) is 68.5 Å². The van der Waals surface area contributed by atoms with Crippen LogP contribution in [-0.4, -0.2) is 35.6 Å². The van der Waals surface area contributed by atoms with Gasteiger partial charge in [-0.15, -0.1) is 11.3 Å². The Hall–Kier alpha value is -2.09. The van der Waals surface area contributed by atoms with Crippen LogP contribution in [0.15, 0.2) is 41.8 Å². The molecule has 2 aromatic carbocycles. The van der Waals surface area contributed by atoms with Gasteiger partial charge in [-0.2, -0.15) is 0 Å². The summed E-state index contributed by atoms with van der Waals surface area (Å²) in [5.41, 5.74) is 1.17. The minimum atomic E-state index is -0.743. The number of hydrogen-bond acceptors (Lipinski definition) is 6. The summed E-state index contributed by atoms with van der Waals surface area (Å²) in [4.78, 5) is 0. The van der Waals surface area contributed by atoms with E-state index in [1.165, 1.54) is 112 Å². The molecule has 1 aliphatic heterocycles. The molecule has 0 aliphatic carbocycles. The van der Waals surface area contributed by atoms with Crippen LogP contribution in [0.25, 0.3) is 10.1 Å². The summed E-state index contributed by atoms with van der Waals surface area (Å²) in [6, 6.07) is 12.4. The smallest absolute Gasteiger partial charge is 0.231 e. The maximum absolute atomic E-state index is 12.3.